The number of quaternary nitrogens is 1. The quantitative estimate of drug-likeness (QED) is 0.733. The number of para-hydroxylation sites is 1. The monoisotopic (exact) mass is 358 g/mol. The van der Waals surface area contributed by atoms with Gasteiger partial charge in [-0.2, -0.15) is 0 Å². The van der Waals surface area contributed by atoms with Crippen molar-refractivity contribution in [2.24, 2.45) is 0 Å². The molecule has 0 fully saturated rings. The van der Waals surface area contributed by atoms with Gasteiger partial charge in [0.05, 0.1) is 23.8 Å². The first-order valence-electron chi connectivity index (χ1n) is 8.16. The van der Waals surface area contributed by atoms with Gasteiger partial charge < -0.3 is 9.80 Å². The number of halogens is 1. The van der Waals surface area contributed by atoms with E-state index in [2.05, 4.69) is 4.98 Å². The Morgan fingerprint density at radius 2 is 1.92 bits per heavy atom. The molecule has 3 aromatic rings. The van der Waals surface area contributed by atoms with Crippen molar-refractivity contribution < 1.29 is 14.1 Å². The highest BCUT2D eigenvalue weighted by Crippen LogP contribution is 2.22. The fourth-order valence-electron chi connectivity index (χ4n) is 2.70. The van der Waals surface area contributed by atoms with Crippen LogP contribution in [0.25, 0.3) is 10.2 Å². The molecule has 1 heterocycles. The van der Waals surface area contributed by atoms with Crippen LogP contribution >= 0.6 is 11.3 Å². The summed E-state index contributed by atoms with van der Waals surface area (Å²) in [7, 11) is 3.68. The third kappa shape index (κ3) is 4.41. The second-order valence-electron chi connectivity index (χ2n) is 6.23. The molecule has 130 valence electrons. The van der Waals surface area contributed by atoms with Gasteiger partial charge in [0.2, 0.25) is 0 Å². The van der Waals surface area contributed by atoms with E-state index in [0.29, 0.717) is 25.2 Å². The van der Waals surface area contributed by atoms with Crippen molar-refractivity contribution in [1.29, 1.82) is 0 Å². The zero-order valence-electron chi connectivity index (χ0n) is 14.3. The van der Waals surface area contributed by atoms with Crippen LogP contribution in [0, 0.1) is 5.82 Å². The average Bonchev–Trinajstić information content (AvgIpc) is 2.99. The van der Waals surface area contributed by atoms with Gasteiger partial charge in [0.15, 0.2) is 6.54 Å². The van der Waals surface area contributed by atoms with E-state index in [4.69, 9.17) is 0 Å². The highest BCUT2D eigenvalue weighted by atomic mass is 32.1. The molecule has 1 aromatic heterocycles. The van der Waals surface area contributed by atoms with Gasteiger partial charge >= 0.3 is 0 Å². The number of aromatic nitrogens is 1. The molecule has 0 aliphatic carbocycles. The highest BCUT2D eigenvalue weighted by molar-refractivity contribution is 7.18. The molecular weight excluding hydrogens is 337 g/mol. The lowest BCUT2D eigenvalue weighted by molar-refractivity contribution is -0.885. The summed E-state index contributed by atoms with van der Waals surface area (Å²) in [5.74, 6) is -0.203. The number of hydrogen-bond donors (Lipinski definition) is 1. The Bertz CT molecular complexity index is 847. The topological polar surface area (TPSA) is 37.6 Å². The van der Waals surface area contributed by atoms with Gasteiger partial charge in [-0.25, -0.2) is 9.37 Å². The lowest BCUT2D eigenvalue weighted by Gasteiger charge is -2.19. The van der Waals surface area contributed by atoms with Crippen LogP contribution in [0.5, 0.6) is 0 Å². The molecule has 0 aliphatic heterocycles. The maximum atomic E-state index is 13.7. The molecule has 1 atom stereocenters. The Hall–Kier alpha value is -2.31. The maximum Gasteiger partial charge on any atom is 0.277 e. The average molecular weight is 358 g/mol. The fourth-order valence-corrected chi connectivity index (χ4v) is 3.72. The number of thiazole rings is 1. The molecule has 0 spiro atoms. The maximum absolute atomic E-state index is 13.7. The normalized spacial score (nSPS) is 12.3. The summed E-state index contributed by atoms with van der Waals surface area (Å²) >= 11 is 1.61. The lowest BCUT2D eigenvalue weighted by atomic mass is 10.2. The van der Waals surface area contributed by atoms with Crippen LogP contribution in [0.2, 0.25) is 0 Å². The van der Waals surface area contributed by atoms with E-state index in [9.17, 15) is 9.18 Å². The molecule has 0 bridgehead atoms. The number of fused-ring (bicyclic) bond motifs is 1. The Labute approximate surface area is 150 Å². The van der Waals surface area contributed by atoms with Crippen LogP contribution in [0.4, 0.5) is 4.39 Å². The predicted molar refractivity (Wildman–Crippen MR) is 98.0 cm³/mol. The molecule has 0 radical (unpaired) electrons. The van der Waals surface area contributed by atoms with Crippen molar-refractivity contribution in [1.82, 2.24) is 9.88 Å². The van der Waals surface area contributed by atoms with Gasteiger partial charge in [0.1, 0.15) is 17.4 Å². The van der Waals surface area contributed by atoms with Crippen molar-refractivity contribution in [3.8, 4) is 0 Å². The largest absolute Gasteiger partial charge is 0.334 e. The van der Waals surface area contributed by atoms with Crippen LogP contribution in [0.1, 0.15) is 10.6 Å². The van der Waals surface area contributed by atoms with E-state index < -0.39 is 0 Å². The summed E-state index contributed by atoms with van der Waals surface area (Å²) in [6, 6.07) is 14.6. The van der Waals surface area contributed by atoms with Gasteiger partial charge in [0.25, 0.3) is 5.91 Å². The predicted octanol–water partition coefficient (Wildman–Crippen LogP) is 2.11. The Kier molecular flexibility index (Phi) is 5.40. The molecular formula is C19H21FN3OS+. The van der Waals surface area contributed by atoms with Gasteiger partial charge in [0, 0.05) is 12.6 Å². The molecule has 6 heteroatoms. The van der Waals surface area contributed by atoms with Gasteiger partial charge in [-0.1, -0.05) is 30.3 Å². The molecule has 3 rings (SSSR count). The van der Waals surface area contributed by atoms with Crippen molar-refractivity contribution in [2.75, 3.05) is 20.6 Å². The number of amides is 1. The number of likely N-dealkylation sites (N-methyl/N-ethyl adjacent to an activating group) is 2. The standard InChI is InChI=1S/C19H20FN3OS/c1-22(11-14-7-3-4-8-15(14)20)13-19(24)23(2)12-18-21-16-9-5-6-10-17(16)25-18/h3-10H,11-13H2,1-2H3/p+1. The Morgan fingerprint density at radius 1 is 1.20 bits per heavy atom. The first kappa shape index (κ1) is 17.5. The smallest absolute Gasteiger partial charge is 0.277 e. The summed E-state index contributed by atoms with van der Waals surface area (Å²) in [5, 5.41) is 0.920. The van der Waals surface area contributed by atoms with Crippen molar-refractivity contribution in [3.05, 3.63) is 64.9 Å². The molecule has 2 aromatic carbocycles. The van der Waals surface area contributed by atoms with Gasteiger partial charge in [-0.05, 0) is 18.2 Å². The number of nitrogens with one attached hydrogen (secondary N) is 1. The van der Waals surface area contributed by atoms with Crippen molar-refractivity contribution >= 4 is 27.5 Å². The summed E-state index contributed by atoms with van der Waals surface area (Å²) in [5.41, 5.74) is 1.59. The number of benzene rings is 2. The summed E-state index contributed by atoms with van der Waals surface area (Å²) < 4.78 is 14.8. The van der Waals surface area contributed by atoms with Crippen LogP contribution in [-0.4, -0.2) is 36.4 Å². The molecule has 25 heavy (non-hydrogen) atoms. The number of rotatable bonds is 6. The molecule has 1 N–H and O–H groups in total. The molecule has 0 aliphatic rings. The van der Waals surface area contributed by atoms with E-state index in [1.165, 1.54) is 6.07 Å². The van der Waals surface area contributed by atoms with Crippen LogP contribution in [-0.2, 0) is 17.9 Å². The second-order valence-corrected chi connectivity index (χ2v) is 7.34. The third-order valence-electron chi connectivity index (χ3n) is 4.04. The number of nitrogens with zero attached hydrogens (tertiary/aromatic N) is 2. The van der Waals surface area contributed by atoms with Gasteiger partial charge in [-0.3, -0.25) is 4.79 Å². The van der Waals surface area contributed by atoms with Crippen molar-refractivity contribution in [2.45, 2.75) is 13.1 Å². The zero-order chi connectivity index (χ0) is 17.8. The molecule has 0 saturated heterocycles. The Balaban J connectivity index is 1.57. The summed E-state index contributed by atoms with van der Waals surface area (Å²) in [4.78, 5) is 19.6. The minimum absolute atomic E-state index is 0.0214. The molecule has 0 saturated carbocycles. The summed E-state index contributed by atoms with van der Waals surface area (Å²) in [6.45, 7) is 1.29. The first-order chi connectivity index (χ1) is 12.0. The first-order valence-corrected chi connectivity index (χ1v) is 8.97. The highest BCUT2D eigenvalue weighted by Gasteiger charge is 2.17. The minimum atomic E-state index is -0.225. The number of hydrogen-bond acceptors (Lipinski definition) is 3. The zero-order valence-corrected chi connectivity index (χ0v) is 15.1. The fraction of sp³-hybridized carbons (Fsp3) is 0.263. The molecule has 4 nitrogen and oxygen atoms in total. The van der Waals surface area contributed by atoms with E-state index in [1.54, 1.807) is 35.4 Å². The van der Waals surface area contributed by atoms with Crippen molar-refractivity contribution in [3.63, 3.8) is 0 Å². The molecule has 1 unspecified atom stereocenters. The molecule has 1 amide bonds. The van der Waals surface area contributed by atoms with Gasteiger partial charge in [-0.15, -0.1) is 11.3 Å². The number of carbonyl (C=O) groups excluding carboxylic acids is 1. The van der Waals surface area contributed by atoms with E-state index in [-0.39, 0.29) is 11.7 Å². The van der Waals surface area contributed by atoms with Crippen LogP contribution in [0.15, 0.2) is 48.5 Å². The van der Waals surface area contributed by atoms with E-state index in [0.717, 1.165) is 20.1 Å². The third-order valence-corrected chi connectivity index (χ3v) is 5.06. The number of carbonyl (C=O) groups is 1. The second kappa shape index (κ2) is 7.72. The van der Waals surface area contributed by atoms with Crippen LogP contribution in [0.3, 0.4) is 0 Å². The SMILES string of the molecule is CN(Cc1nc2ccccc2s1)C(=O)C[NH+](C)Cc1ccccc1F. The van der Waals surface area contributed by atoms with E-state index >= 15 is 0 Å². The Morgan fingerprint density at radius 3 is 2.68 bits per heavy atom. The van der Waals surface area contributed by atoms with Crippen LogP contribution < -0.4 is 4.90 Å². The summed E-state index contributed by atoms with van der Waals surface area (Å²) in [6.07, 6.45) is 0. The lowest BCUT2D eigenvalue weighted by Crippen LogP contribution is -3.08. The minimum Gasteiger partial charge on any atom is -0.334 e. The van der Waals surface area contributed by atoms with E-state index in [1.807, 2.05) is 37.4 Å².